The van der Waals surface area contributed by atoms with Crippen molar-refractivity contribution in [3.05, 3.63) is 28.3 Å². The summed E-state index contributed by atoms with van der Waals surface area (Å²) in [5.74, 6) is 0.339. The molecule has 0 bridgehead atoms. The summed E-state index contributed by atoms with van der Waals surface area (Å²) in [5, 5.41) is 17.9. The van der Waals surface area contributed by atoms with E-state index >= 15 is 0 Å². The van der Waals surface area contributed by atoms with E-state index in [4.69, 9.17) is 4.74 Å². The van der Waals surface area contributed by atoms with Gasteiger partial charge in [0.2, 0.25) is 0 Å². The smallest absolute Gasteiger partial charge is 0.333 e. The van der Waals surface area contributed by atoms with E-state index in [9.17, 15) is 10.1 Å². The molecular weight excluding hydrogens is 270 g/mol. The first-order valence-corrected chi connectivity index (χ1v) is 7.59. The number of ether oxygens (including phenoxy) is 1. The first kappa shape index (κ1) is 15.6. The molecule has 2 rings (SSSR count). The van der Waals surface area contributed by atoms with Crippen molar-refractivity contribution in [2.45, 2.75) is 38.6 Å². The fourth-order valence-electron chi connectivity index (χ4n) is 2.57. The van der Waals surface area contributed by atoms with E-state index in [2.05, 4.69) is 10.6 Å². The van der Waals surface area contributed by atoms with Crippen LogP contribution in [0.2, 0.25) is 0 Å². The second-order valence-corrected chi connectivity index (χ2v) is 5.27. The molecule has 1 heterocycles. The van der Waals surface area contributed by atoms with E-state index in [0.717, 1.165) is 25.9 Å². The van der Waals surface area contributed by atoms with Gasteiger partial charge >= 0.3 is 5.69 Å². The highest BCUT2D eigenvalue weighted by atomic mass is 16.6. The summed E-state index contributed by atoms with van der Waals surface area (Å²) in [6.07, 6.45) is 4.19. The quantitative estimate of drug-likeness (QED) is 0.569. The zero-order valence-corrected chi connectivity index (χ0v) is 12.4. The molecule has 0 amide bonds. The summed E-state index contributed by atoms with van der Waals surface area (Å²) in [6, 6.07) is 5.70. The standard InChI is InChI=1S/C15H23N3O3/c1-2-11-21-14-7-3-6-13(15(14)18(19)20)17-10-8-12-5-4-9-16-12/h3,6-7,12,16-17H,2,4-5,8-11H2,1H3/t12-/m0/s1. The number of nitro groups is 1. The third kappa shape index (κ3) is 4.32. The topological polar surface area (TPSA) is 76.4 Å². The highest BCUT2D eigenvalue weighted by Gasteiger charge is 2.21. The fourth-order valence-corrected chi connectivity index (χ4v) is 2.57. The van der Waals surface area contributed by atoms with Crippen LogP contribution in [0, 0.1) is 10.1 Å². The monoisotopic (exact) mass is 293 g/mol. The minimum Gasteiger partial charge on any atom is -0.487 e. The number of hydrogen-bond acceptors (Lipinski definition) is 5. The van der Waals surface area contributed by atoms with E-state index in [0.29, 0.717) is 24.1 Å². The normalized spacial score (nSPS) is 17.7. The Kier molecular flexibility index (Phi) is 5.80. The van der Waals surface area contributed by atoms with Gasteiger partial charge in [0.25, 0.3) is 0 Å². The van der Waals surface area contributed by atoms with Gasteiger partial charge in [-0.2, -0.15) is 0 Å². The second kappa shape index (κ2) is 7.83. The molecule has 0 radical (unpaired) electrons. The molecule has 6 nitrogen and oxygen atoms in total. The molecule has 0 aliphatic carbocycles. The van der Waals surface area contributed by atoms with Crippen LogP contribution in [0.5, 0.6) is 5.75 Å². The van der Waals surface area contributed by atoms with Crippen molar-refractivity contribution in [1.29, 1.82) is 0 Å². The molecule has 0 unspecified atom stereocenters. The van der Waals surface area contributed by atoms with Crippen molar-refractivity contribution in [3.8, 4) is 5.75 Å². The number of nitrogens with one attached hydrogen (secondary N) is 2. The Morgan fingerprint density at radius 2 is 2.38 bits per heavy atom. The summed E-state index contributed by atoms with van der Waals surface area (Å²) in [4.78, 5) is 10.9. The number of rotatable bonds is 8. The lowest BCUT2D eigenvalue weighted by molar-refractivity contribution is -0.385. The van der Waals surface area contributed by atoms with Crippen LogP contribution < -0.4 is 15.4 Å². The van der Waals surface area contributed by atoms with E-state index in [1.807, 2.05) is 6.92 Å². The fraction of sp³-hybridized carbons (Fsp3) is 0.600. The van der Waals surface area contributed by atoms with Gasteiger partial charge in [0.15, 0.2) is 5.75 Å². The molecule has 1 atom stereocenters. The van der Waals surface area contributed by atoms with E-state index in [-0.39, 0.29) is 10.6 Å². The van der Waals surface area contributed by atoms with Gasteiger partial charge in [-0.3, -0.25) is 10.1 Å². The number of para-hydroxylation sites is 1. The highest BCUT2D eigenvalue weighted by molar-refractivity contribution is 5.68. The Balaban J connectivity index is 2.01. The zero-order chi connectivity index (χ0) is 15.1. The van der Waals surface area contributed by atoms with Gasteiger partial charge in [-0.15, -0.1) is 0 Å². The number of benzene rings is 1. The third-order valence-corrected chi connectivity index (χ3v) is 3.61. The lowest BCUT2D eigenvalue weighted by Crippen LogP contribution is -2.24. The lowest BCUT2D eigenvalue weighted by Gasteiger charge is -2.13. The van der Waals surface area contributed by atoms with Crippen molar-refractivity contribution in [2.24, 2.45) is 0 Å². The van der Waals surface area contributed by atoms with Crippen molar-refractivity contribution >= 4 is 11.4 Å². The summed E-state index contributed by atoms with van der Waals surface area (Å²) in [5.41, 5.74) is 0.567. The molecule has 1 saturated heterocycles. The van der Waals surface area contributed by atoms with Crippen LogP contribution >= 0.6 is 0 Å². The van der Waals surface area contributed by atoms with Crippen molar-refractivity contribution < 1.29 is 9.66 Å². The molecule has 0 aromatic heterocycles. The minimum absolute atomic E-state index is 0.0327. The summed E-state index contributed by atoms with van der Waals surface area (Å²) in [7, 11) is 0. The van der Waals surface area contributed by atoms with Crippen LogP contribution in [0.15, 0.2) is 18.2 Å². The van der Waals surface area contributed by atoms with Crippen LogP contribution in [-0.2, 0) is 0 Å². The maximum absolute atomic E-state index is 11.3. The Hall–Kier alpha value is -1.82. The Morgan fingerprint density at radius 1 is 1.52 bits per heavy atom. The molecule has 1 aromatic rings. The van der Waals surface area contributed by atoms with Gasteiger partial charge in [0.1, 0.15) is 5.69 Å². The van der Waals surface area contributed by atoms with Gasteiger partial charge in [-0.1, -0.05) is 13.0 Å². The number of anilines is 1. The number of nitrogens with zero attached hydrogens (tertiary/aromatic N) is 1. The Morgan fingerprint density at radius 3 is 3.05 bits per heavy atom. The van der Waals surface area contributed by atoms with Gasteiger partial charge < -0.3 is 15.4 Å². The summed E-state index contributed by atoms with van der Waals surface area (Å²) >= 11 is 0. The maximum atomic E-state index is 11.3. The molecule has 116 valence electrons. The molecule has 6 heteroatoms. The number of nitro benzene ring substituents is 1. The molecular formula is C15H23N3O3. The summed E-state index contributed by atoms with van der Waals surface area (Å²) in [6.45, 7) is 4.25. The van der Waals surface area contributed by atoms with Crippen molar-refractivity contribution in [1.82, 2.24) is 5.32 Å². The summed E-state index contributed by atoms with van der Waals surface area (Å²) < 4.78 is 5.47. The molecule has 2 N–H and O–H groups in total. The van der Waals surface area contributed by atoms with E-state index < -0.39 is 0 Å². The van der Waals surface area contributed by atoms with Crippen LogP contribution in [0.4, 0.5) is 11.4 Å². The van der Waals surface area contributed by atoms with Gasteiger partial charge in [0, 0.05) is 12.6 Å². The van der Waals surface area contributed by atoms with Crippen LogP contribution in [0.1, 0.15) is 32.6 Å². The molecule has 1 aliphatic heterocycles. The van der Waals surface area contributed by atoms with E-state index in [1.165, 1.54) is 12.8 Å². The third-order valence-electron chi connectivity index (χ3n) is 3.61. The lowest BCUT2D eigenvalue weighted by atomic mass is 10.1. The Bertz CT molecular complexity index is 473. The predicted octanol–water partition coefficient (Wildman–Crippen LogP) is 2.94. The van der Waals surface area contributed by atoms with Gasteiger partial charge in [-0.05, 0) is 44.4 Å². The molecule has 21 heavy (non-hydrogen) atoms. The molecule has 1 aliphatic rings. The minimum atomic E-state index is -0.374. The maximum Gasteiger partial charge on any atom is 0.333 e. The van der Waals surface area contributed by atoms with Crippen LogP contribution in [0.25, 0.3) is 0 Å². The highest BCUT2D eigenvalue weighted by Crippen LogP contribution is 2.34. The molecule has 0 saturated carbocycles. The largest absolute Gasteiger partial charge is 0.487 e. The molecule has 0 spiro atoms. The average molecular weight is 293 g/mol. The second-order valence-electron chi connectivity index (χ2n) is 5.27. The number of hydrogen-bond donors (Lipinski definition) is 2. The van der Waals surface area contributed by atoms with Gasteiger partial charge in [-0.25, -0.2) is 0 Å². The van der Waals surface area contributed by atoms with Crippen molar-refractivity contribution in [3.63, 3.8) is 0 Å². The first-order valence-electron chi connectivity index (χ1n) is 7.59. The van der Waals surface area contributed by atoms with Crippen LogP contribution in [0.3, 0.4) is 0 Å². The zero-order valence-electron chi connectivity index (χ0n) is 12.4. The molecule has 1 aromatic carbocycles. The average Bonchev–Trinajstić information content (AvgIpc) is 2.98. The van der Waals surface area contributed by atoms with Crippen molar-refractivity contribution in [2.75, 3.05) is 25.0 Å². The van der Waals surface area contributed by atoms with E-state index in [1.54, 1.807) is 18.2 Å². The predicted molar refractivity (Wildman–Crippen MR) is 83.0 cm³/mol. The SMILES string of the molecule is CCCOc1cccc(NCC[C@@H]2CCCN2)c1[N+](=O)[O-]. The van der Waals surface area contributed by atoms with Gasteiger partial charge in [0.05, 0.1) is 11.5 Å². The Labute approximate surface area is 125 Å². The first-order chi connectivity index (χ1) is 10.2. The van der Waals surface area contributed by atoms with Crippen LogP contribution in [-0.4, -0.2) is 30.7 Å². The molecule has 1 fully saturated rings.